The first kappa shape index (κ1) is 15.5. The molecule has 0 saturated carbocycles. The Bertz CT molecular complexity index is 706. The number of rotatable bonds is 4. The van der Waals surface area contributed by atoms with E-state index < -0.39 is 4.92 Å². The number of halogens is 2. The predicted molar refractivity (Wildman–Crippen MR) is 84.6 cm³/mol. The van der Waals surface area contributed by atoms with Gasteiger partial charge in [0.05, 0.1) is 16.4 Å². The van der Waals surface area contributed by atoms with E-state index in [4.69, 9.17) is 11.6 Å². The van der Waals surface area contributed by atoms with E-state index in [1.54, 1.807) is 36.4 Å². The molecule has 2 aromatic carbocycles. The first-order valence-corrected chi connectivity index (χ1v) is 7.11. The van der Waals surface area contributed by atoms with Crippen LogP contribution in [-0.2, 0) is 11.2 Å². The van der Waals surface area contributed by atoms with Crippen LogP contribution in [-0.4, -0.2) is 10.8 Å². The summed E-state index contributed by atoms with van der Waals surface area (Å²) in [6.07, 6.45) is -0.0720. The van der Waals surface area contributed by atoms with Crippen LogP contribution in [0.5, 0.6) is 0 Å². The summed E-state index contributed by atoms with van der Waals surface area (Å²) >= 11 is 9.13. The summed E-state index contributed by atoms with van der Waals surface area (Å²) in [5, 5.41) is 14.1. The number of carbonyl (C=O) groups is 1. The smallest absolute Gasteiger partial charge is 0.273 e. The van der Waals surface area contributed by atoms with Crippen molar-refractivity contribution >= 4 is 44.8 Å². The highest BCUT2D eigenvalue weighted by Crippen LogP contribution is 2.26. The number of nitrogens with one attached hydrogen (secondary N) is 1. The van der Waals surface area contributed by atoms with Gasteiger partial charge in [-0.2, -0.15) is 0 Å². The van der Waals surface area contributed by atoms with Crippen LogP contribution in [0, 0.1) is 10.1 Å². The second-order valence-corrected chi connectivity index (χ2v) is 5.50. The monoisotopic (exact) mass is 368 g/mol. The number of para-hydroxylation sites is 1. The lowest BCUT2D eigenvalue weighted by Crippen LogP contribution is -2.15. The molecule has 108 valence electrons. The van der Waals surface area contributed by atoms with Gasteiger partial charge in [0, 0.05) is 21.8 Å². The van der Waals surface area contributed by atoms with Gasteiger partial charge in [-0.25, -0.2) is 0 Å². The molecule has 0 radical (unpaired) electrons. The molecule has 0 fully saturated rings. The Balaban J connectivity index is 2.12. The molecule has 0 aliphatic rings. The summed E-state index contributed by atoms with van der Waals surface area (Å²) in [7, 11) is 0. The third-order valence-corrected chi connectivity index (χ3v) is 3.96. The molecule has 0 aliphatic heterocycles. The van der Waals surface area contributed by atoms with E-state index in [-0.39, 0.29) is 18.0 Å². The van der Waals surface area contributed by atoms with Crippen LogP contribution in [0.3, 0.4) is 0 Å². The number of benzene rings is 2. The maximum Gasteiger partial charge on any atom is 0.273 e. The Morgan fingerprint density at radius 1 is 1.29 bits per heavy atom. The van der Waals surface area contributed by atoms with Crippen LogP contribution in [0.1, 0.15) is 5.56 Å². The van der Waals surface area contributed by atoms with Crippen molar-refractivity contribution in [1.82, 2.24) is 0 Å². The van der Waals surface area contributed by atoms with Crippen LogP contribution in [0.2, 0.25) is 5.02 Å². The van der Waals surface area contributed by atoms with E-state index >= 15 is 0 Å². The van der Waals surface area contributed by atoms with Crippen LogP contribution in [0.25, 0.3) is 0 Å². The molecule has 1 amide bonds. The van der Waals surface area contributed by atoms with Gasteiger partial charge in [-0.15, -0.1) is 0 Å². The summed E-state index contributed by atoms with van der Waals surface area (Å²) < 4.78 is 0.660. The normalized spacial score (nSPS) is 10.2. The van der Waals surface area contributed by atoms with Crippen molar-refractivity contribution in [3.63, 3.8) is 0 Å². The number of nitro groups is 1. The van der Waals surface area contributed by atoms with Crippen LogP contribution >= 0.6 is 27.5 Å². The fourth-order valence-corrected chi connectivity index (χ4v) is 2.29. The Morgan fingerprint density at radius 3 is 2.67 bits per heavy atom. The van der Waals surface area contributed by atoms with Gasteiger partial charge < -0.3 is 5.32 Å². The third-order valence-electron chi connectivity index (χ3n) is 2.74. The first-order chi connectivity index (χ1) is 9.97. The molecule has 2 aromatic rings. The van der Waals surface area contributed by atoms with Crippen molar-refractivity contribution in [1.29, 1.82) is 0 Å². The van der Waals surface area contributed by atoms with Crippen molar-refractivity contribution in [3.8, 4) is 0 Å². The Morgan fingerprint density at radius 2 is 2.00 bits per heavy atom. The molecule has 1 N–H and O–H groups in total. The van der Waals surface area contributed by atoms with Gasteiger partial charge in [-0.05, 0) is 34.1 Å². The van der Waals surface area contributed by atoms with Gasteiger partial charge in [0.25, 0.3) is 5.69 Å². The Hall–Kier alpha value is -1.92. The zero-order valence-electron chi connectivity index (χ0n) is 10.7. The van der Waals surface area contributed by atoms with E-state index in [1.807, 2.05) is 0 Å². The number of carbonyl (C=O) groups excluding carboxylic acids is 1. The molecule has 21 heavy (non-hydrogen) atoms. The molecular formula is C14H10BrClN2O3. The largest absolute Gasteiger partial charge is 0.326 e. The molecular weight excluding hydrogens is 360 g/mol. The minimum atomic E-state index is -0.499. The lowest BCUT2D eigenvalue weighted by molar-refractivity contribution is -0.385. The summed E-state index contributed by atoms with van der Waals surface area (Å²) in [4.78, 5) is 22.4. The first-order valence-electron chi connectivity index (χ1n) is 5.94. The molecule has 2 rings (SSSR count). The molecule has 0 aromatic heterocycles. The highest BCUT2D eigenvalue weighted by Gasteiger charge is 2.15. The standard InChI is InChI=1S/C14H10BrClN2O3/c15-11-8-10(5-6-12(11)16)17-14(19)7-9-3-1-2-4-13(9)18(20)21/h1-6,8H,7H2,(H,17,19). The SMILES string of the molecule is O=C(Cc1ccccc1[N+](=O)[O-])Nc1ccc(Cl)c(Br)c1. The van der Waals surface area contributed by atoms with Crippen LogP contribution in [0.4, 0.5) is 11.4 Å². The fraction of sp³-hybridized carbons (Fsp3) is 0.0714. The molecule has 0 unspecified atom stereocenters. The van der Waals surface area contributed by atoms with Gasteiger partial charge in [0.15, 0.2) is 0 Å². The minimum Gasteiger partial charge on any atom is -0.326 e. The highest BCUT2D eigenvalue weighted by molar-refractivity contribution is 9.10. The molecule has 0 atom stereocenters. The Kier molecular flexibility index (Phi) is 4.93. The molecule has 0 spiro atoms. The summed E-state index contributed by atoms with van der Waals surface area (Å²) in [5.41, 5.74) is 0.868. The van der Waals surface area contributed by atoms with Crippen molar-refractivity contribution in [2.75, 3.05) is 5.32 Å². The van der Waals surface area contributed by atoms with E-state index in [2.05, 4.69) is 21.2 Å². The maximum absolute atomic E-state index is 12.0. The molecule has 0 bridgehead atoms. The van der Waals surface area contributed by atoms with E-state index in [0.717, 1.165) is 0 Å². The average molecular weight is 370 g/mol. The van der Waals surface area contributed by atoms with Gasteiger partial charge in [-0.3, -0.25) is 14.9 Å². The number of nitro benzene ring substituents is 1. The highest BCUT2D eigenvalue weighted by atomic mass is 79.9. The van der Waals surface area contributed by atoms with E-state index in [0.29, 0.717) is 20.7 Å². The third kappa shape index (κ3) is 4.03. The van der Waals surface area contributed by atoms with Crippen LogP contribution < -0.4 is 5.32 Å². The van der Waals surface area contributed by atoms with Gasteiger partial charge in [0.2, 0.25) is 5.91 Å². The second-order valence-electron chi connectivity index (χ2n) is 4.24. The second kappa shape index (κ2) is 6.69. The Labute approximate surface area is 134 Å². The molecule has 0 heterocycles. The van der Waals surface area contributed by atoms with Crippen molar-refractivity contribution in [2.45, 2.75) is 6.42 Å². The van der Waals surface area contributed by atoms with Gasteiger partial charge >= 0.3 is 0 Å². The predicted octanol–water partition coefficient (Wildman–Crippen LogP) is 4.19. The zero-order chi connectivity index (χ0) is 15.4. The minimum absolute atomic E-state index is 0.0649. The molecule has 0 aliphatic carbocycles. The summed E-state index contributed by atoms with van der Waals surface area (Å²) in [5.74, 6) is -0.335. The number of nitrogens with zero attached hydrogens (tertiary/aromatic N) is 1. The van der Waals surface area contributed by atoms with Crippen LogP contribution in [0.15, 0.2) is 46.9 Å². The van der Waals surface area contributed by atoms with Crippen molar-refractivity contribution in [3.05, 3.63) is 67.6 Å². The van der Waals surface area contributed by atoms with E-state index in [1.165, 1.54) is 6.07 Å². The number of hydrogen-bond acceptors (Lipinski definition) is 3. The molecule has 0 saturated heterocycles. The van der Waals surface area contributed by atoms with E-state index in [9.17, 15) is 14.9 Å². The van der Waals surface area contributed by atoms with Gasteiger partial charge in [0.1, 0.15) is 0 Å². The quantitative estimate of drug-likeness (QED) is 0.648. The lowest BCUT2D eigenvalue weighted by Gasteiger charge is -2.07. The summed E-state index contributed by atoms with van der Waals surface area (Å²) in [6.45, 7) is 0. The molecule has 7 heteroatoms. The topological polar surface area (TPSA) is 72.2 Å². The maximum atomic E-state index is 12.0. The number of hydrogen-bond donors (Lipinski definition) is 1. The summed E-state index contributed by atoms with van der Waals surface area (Å²) in [6, 6.07) is 11.1. The fourth-order valence-electron chi connectivity index (χ4n) is 1.79. The average Bonchev–Trinajstić information content (AvgIpc) is 2.43. The van der Waals surface area contributed by atoms with Crippen molar-refractivity contribution in [2.24, 2.45) is 0 Å². The number of anilines is 1. The lowest BCUT2D eigenvalue weighted by atomic mass is 10.1. The number of amides is 1. The molecule has 5 nitrogen and oxygen atoms in total. The van der Waals surface area contributed by atoms with Gasteiger partial charge in [-0.1, -0.05) is 29.8 Å². The van der Waals surface area contributed by atoms with Crippen molar-refractivity contribution < 1.29 is 9.72 Å². The zero-order valence-corrected chi connectivity index (χ0v) is 13.0.